The summed E-state index contributed by atoms with van der Waals surface area (Å²) in [6, 6.07) is -0.659. The van der Waals surface area contributed by atoms with E-state index in [1.54, 1.807) is 4.90 Å². The fourth-order valence-electron chi connectivity index (χ4n) is 4.87. The molecule has 3 aliphatic carbocycles. The minimum atomic E-state index is -0.659. The molecule has 130 valence electrons. The molecule has 0 spiro atoms. The van der Waals surface area contributed by atoms with Crippen molar-refractivity contribution in [2.45, 2.75) is 32.2 Å². The average Bonchev–Trinajstić information content (AvgIpc) is 2.91. The second kappa shape index (κ2) is 5.99. The minimum absolute atomic E-state index is 0.110. The third-order valence-corrected chi connectivity index (χ3v) is 6.10. The Bertz CT molecular complexity index is 564. The molecule has 0 aromatic carbocycles. The Labute approximate surface area is 141 Å². The number of likely N-dealkylation sites (tertiary alicyclic amines) is 1. The number of rotatable bonds is 3. The molecule has 0 aromatic rings. The van der Waals surface area contributed by atoms with Crippen LogP contribution in [0, 0.1) is 23.7 Å². The quantitative estimate of drug-likeness (QED) is 0.567. The first-order valence-corrected chi connectivity index (χ1v) is 9.05. The summed E-state index contributed by atoms with van der Waals surface area (Å²) < 4.78 is 5.29. The summed E-state index contributed by atoms with van der Waals surface area (Å²) in [6.07, 6.45) is 6.63. The van der Waals surface area contributed by atoms with Crippen molar-refractivity contribution in [2.24, 2.45) is 23.7 Å². The molecule has 6 nitrogen and oxygen atoms in total. The van der Waals surface area contributed by atoms with Gasteiger partial charge in [-0.2, -0.15) is 0 Å². The number of morpholine rings is 1. The first-order valence-electron chi connectivity index (χ1n) is 9.05. The molecule has 3 amide bonds. The van der Waals surface area contributed by atoms with Gasteiger partial charge in [-0.1, -0.05) is 19.1 Å². The second-order valence-electron chi connectivity index (χ2n) is 7.25. The zero-order valence-electron chi connectivity index (χ0n) is 14.0. The molecule has 1 saturated carbocycles. The van der Waals surface area contributed by atoms with Crippen molar-refractivity contribution in [1.82, 2.24) is 9.80 Å². The monoisotopic (exact) mass is 332 g/mol. The molecule has 5 rings (SSSR count). The van der Waals surface area contributed by atoms with Crippen LogP contribution in [-0.2, 0) is 19.1 Å². The number of carbonyl (C=O) groups excluding carboxylic acids is 3. The molecule has 3 fully saturated rings. The Morgan fingerprint density at radius 2 is 1.67 bits per heavy atom. The van der Waals surface area contributed by atoms with Crippen LogP contribution < -0.4 is 0 Å². The lowest BCUT2D eigenvalue weighted by atomic mass is 9.63. The van der Waals surface area contributed by atoms with Crippen LogP contribution in [0.5, 0.6) is 0 Å². The maximum atomic E-state index is 13.0. The summed E-state index contributed by atoms with van der Waals surface area (Å²) in [5.41, 5.74) is 0. The molecule has 0 N–H and O–H groups in total. The van der Waals surface area contributed by atoms with Crippen LogP contribution in [0.2, 0.25) is 0 Å². The molecule has 24 heavy (non-hydrogen) atoms. The van der Waals surface area contributed by atoms with Gasteiger partial charge in [0, 0.05) is 13.1 Å². The molecule has 5 atom stereocenters. The van der Waals surface area contributed by atoms with Gasteiger partial charge in [0.25, 0.3) is 0 Å². The van der Waals surface area contributed by atoms with E-state index in [1.807, 2.05) is 6.92 Å². The fourth-order valence-corrected chi connectivity index (χ4v) is 4.87. The van der Waals surface area contributed by atoms with E-state index >= 15 is 0 Å². The smallest absolute Gasteiger partial charge is 0.246 e. The second-order valence-corrected chi connectivity index (χ2v) is 7.25. The van der Waals surface area contributed by atoms with E-state index in [9.17, 15) is 14.4 Å². The van der Waals surface area contributed by atoms with Crippen molar-refractivity contribution in [1.29, 1.82) is 0 Å². The Hall–Kier alpha value is -1.69. The zero-order chi connectivity index (χ0) is 16.8. The minimum Gasteiger partial charge on any atom is -0.378 e. The van der Waals surface area contributed by atoms with Gasteiger partial charge >= 0.3 is 0 Å². The standard InChI is InChI=1S/C18H24N2O4/c1-2-13(16(21)19-7-9-24-10-8-19)20-17(22)14-11-3-4-12(6-5-11)15(14)18(20)23/h3-4,11-15H,2,5-10H2,1H3/t11-,12-,13+,14-,15-/m0/s1. The van der Waals surface area contributed by atoms with E-state index in [0.29, 0.717) is 32.7 Å². The number of allylic oxidation sites excluding steroid dienone is 2. The predicted octanol–water partition coefficient (Wildman–Crippen LogP) is 0.821. The van der Waals surface area contributed by atoms with Gasteiger partial charge in [-0.25, -0.2) is 0 Å². The van der Waals surface area contributed by atoms with Crippen molar-refractivity contribution in [3.8, 4) is 0 Å². The van der Waals surface area contributed by atoms with Crippen molar-refractivity contribution in [3.63, 3.8) is 0 Å². The lowest BCUT2D eigenvalue weighted by Gasteiger charge is -2.38. The summed E-state index contributed by atoms with van der Waals surface area (Å²) >= 11 is 0. The highest BCUT2D eigenvalue weighted by Gasteiger charge is 2.58. The van der Waals surface area contributed by atoms with Gasteiger partial charge in [-0.15, -0.1) is 0 Å². The van der Waals surface area contributed by atoms with Crippen LogP contribution >= 0.6 is 0 Å². The van der Waals surface area contributed by atoms with Gasteiger partial charge in [-0.3, -0.25) is 19.3 Å². The van der Waals surface area contributed by atoms with Crippen LogP contribution in [0.4, 0.5) is 0 Å². The summed E-state index contributed by atoms with van der Waals surface area (Å²) in [5.74, 6) is -0.521. The third kappa shape index (κ3) is 2.23. The molecule has 0 radical (unpaired) electrons. The SMILES string of the molecule is CC[C@H](C(=O)N1CCOCC1)N1C(=O)[C@@H]2[C@@H](C1=O)[C@H]1C=C[C@H]2CC1. The van der Waals surface area contributed by atoms with Crippen molar-refractivity contribution in [3.05, 3.63) is 12.2 Å². The highest BCUT2D eigenvalue weighted by atomic mass is 16.5. The van der Waals surface area contributed by atoms with Crippen LogP contribution in [0.1, 0.15) is 26.2 Å². The Kier molecular flexibility index (Phi) is 3.95. The molecule has 2 bridgehead atoms. The van der Waals surface area contributed by atoms with Gasteiger partial charge in [0.1, 0.15) is 6.04 Å². The van der Waals surface area contributed by atoms with Crippen LogP contribution in [-0.4, -0.2) is 59.9 Å². The van der Waals surface area contributed by atoms with Gasteiger partial charge in [0.15, 0.2) is 0 Å². The van der Waals surface area contributed by atoms with Crippen LogP contribution in [0.25, 0.3) is 0 Å². The summed E-state index contributed by atoms with van der Waals surface area (Å²) in [4.78, 5) is 41.9. The van der Waals surface area contributed by atoms with Crippen molar-refractivity contribution < 1.29 is 19.1 Å². The average molecular weight is 332 g/mol. The van der Waals surface area contributed by atoms with Gasteiger partial charge < -0.3 is 9.64 Å². The molecule has 2 heterocycles. The molecule has 2 saturated heterocycles. The van der Waals surface area contributed by atoms with E-state index in [-0.39, 0.29) is 41.4 Å². The number of hydrogen-bond acceptors (Lipinski definition) is 4. The molecular weight excluding hydrogens is 308 g/mol. The predicted molar refractivity (Wildman–Crippen MR) is 85.7 cm³/mol. The van der Waals surface area contributed by atoms with Crippen molar-refractivity contribution >= 4 is 17.7 Å². The van der Waals surface area contributed by atoms with E-state index in [2.05, 4.69) is 12.2 Å². The topological polar surface area (TPSA) is 66.9 Å². The van der Waals surface area contributed by atoms with Crippen LogP contribution in [0.15, 0.2) is 12.2 Å². The summed E-state index contributed by atoms with van der Waals surface area (Å²) in [6.45, 7) is 3.97. The molecule has 2 aliphatic heterocycles. The van der Waals surface area contributed by atoms with Crippen LogP contribution in [0.3, 0.4) is 0 Å². The Balaban J connectivity index is 1.59. The number of fused-ring (bicyclic) bond motifs is 1. The van der Waals surface area contributed by atoms with Crippen molar-refractivity contribution in [2.75, 3.05) is 26.3 Å². The highest BCUT2D eigenvalue weighted by molar-refractivity contribution is 6.09. The number of hydrogen-bond donors (Lipinski definition) is 0. The normalized spacial score (nSPS) is 36.2. The van der Waals surface area contributed by atoms with Gasteiger partial charge in [0.2, 0.25) is 17.7 Å². The highest BCUT2D eigenvalue weighted by Crippen LogP contribution is 2.50. The van der Waals surface area contributed by atoms with Gasteiger partial charge in [0.05, 0.1) is 25.0 Å². The molecular formula is C18H24N2O4. The maximum Gasteiger partial charge on any atom is 0.246 e. The number of ether oxygens (including phenoxy) is 1. The Morgan fingerprint density at radius 1 is 1.12 bits per heavy atom. The largest absolute Gasteiger partial charge is 0.378 e. The van der Waals surface area contributed by atoms with E-state index < -0.39 is 6.04 Å². The first-order chi connectivity index (χ1) is 11.6. The summed E-state index contributed by atoms with van der Waals surface area (Å²) in [7, 11) is 0. The van der Waals surface area contributed by atoms with Gasteiger partial charge in [-0.05, 0) is 31.1 Å². The van der Waals surface area contributed by atoms with E-state index in [0.717, 1.165) is 12.8 Å². The molecule has 5 aliphatic rings. The Morgan fingerprint density at radius 3 is 2.12 bits per heavy atom. The number of amides is 3. The fraction of sp³-hybridized carbons (Fsp3) is 0.722. The zero-order valence-corrected chi connectivity index (χ0v) is 14.0. The molecule has 6 heteroatoms. The summed E-state index contributed by atoms with van der Waals surface area (Å²) in [5, 5.41) is 0. The lowest BCUT2D eigenvalue weighted by Crippen LogP contribution is -2.53. The maximum absolute atomic E-state index is 13.0. The molecule has 0 unspecified atom stereocenters. The number of imide groups is 1. The number of nitrogens with zero attached hydrogens (tertiary/aromatic N) is 2. The van der Waals surface area contributed by atoms with E-state index in [4.69, 9.17) is 4.74 Å². The lowest BCUT2D eigenvalue weighted by molar-refractivity contribution is -0.153. The third-order valence-electron chi connectivity index (χ3n) is 6.10. The molecule has 0 aromatic heterocycles. The first kappa shape index (κ1) is 15.8. The van der Waals surface area contributed by atoms with E-state index in [1.165, 1.54) is 4.90 Å². The number of carbonyl (C=O) groups is 3.